The van der Waals surface area contributed by atoms with E-state index in [0.29, 0.717) is 33.9 Å². The molecule has 1 aliphatic rings. The van der Waals surface area contributed by atoms with Gasteiger partial charge in [0.15, 0.2) is 5.13 Å². The van der Waals surface area contributed by atoms with Crippen LogP contribution in [0.25, 0.3) is 10.2 Å². The predicted molar refractivity (Wildman–Crippen MR) is 148 cm³/mol. The lowest BCUT2D eigenvalue weighted by molar-refractivity contribution is 0.0933. The lowest BCUT2D eigenvalue weighted by atomic mass is 10.2. The van der Waals surface area contributed by atoms with Crippen molar-refractivity contribution >= 4 is 48.7 Å². The average molecular weight is 578 g/mol. The molecule has 2 heterocycles. The number of halogens is 1. The summed E-state index contributed by atoms with van der Waals surface area (Å²) in [5, 5.41) is 0.454. The van der Waals surface area contributed by atoms with Crippen LogP contribution in [-0.4, -0.2) is 99.5 Å². The molecular formula is C26H32FN5O5S2. The Labute approximate surface area is 231 Å². The summed E-state index contributed by atoms with van der Waals surface area (Å²) in [5.41, 5.74) is 0.919. The van der Waals surface area contributed by atoms with E-state index in [2.05, 4.69) is 4.98 Å². The third-order valence-corrected chi connectivity index (χ3v) is 9.26. The number of rotatable bonds is 9. The zero-order valence-corrected chi connectivity index (χ0v) is 23.8. The van der Waals surface area contributed by atoms with Gasteiger partial charge in [-0.05, 0) is 76.4 Å². The molecule has 0 N–H and O–H groups in total. The second-order valence-electron chi connectivity index (χ2n) is 9.34. The van der Waals surface area contributed by atoms with Crippen LogP contribution >= 0.6 is 11.3 Å². The average Bonchev–Trinajstić information content (AvgIpc) is 3.33. The molecule has 0 aliphatic carbocycles. The summed E-state index contributed by atoms with van der Waals surface area (Å²) in [6.45, 7) is 3.90. The first-order chi connectivity index (χ1) is 18.6. The van der Waals surface area contributed by atoms with E-state index in [1.807, 2.05) is 19.0 Å². The Morgan fingerprint density at radius 2 is 1.74 bits per heavy atom. The molecule has 3 aromatic rings. The van der Waals surface area contributed by atoms with E-state index in [1.165, 1.54) is 56.9 Å². The van der Waals surface area contributed by atoms with Crippen LogP contribution in [0.5, 0.6) is 0 Å². The van der Waals surface area contributed by atoms with Gasteiger partial charge in [0, 0.05) is 38.3 Å². The minimum atomic E-state index is -3.81. The van der Waals surface area contributed by atoms with Crippen LogP contribution in [-0.2, 0) is 14.8 Å². The number of nitrogens with zero attached hydrogens (tertiary/aromatic N) is 5. The van der Waals surface area contributed by atoms with Crippen LogP contribution in [0.4, 0.5) is 14.3 Å². The van der Waals surface area contributed by atoms with Gasteiger partial charge in [0.1, 0.15) is 5.82 Å². The number of piperazine rings is 1. The van der Waals surface area contributed by atoms with Crippen LogP contribution in [0.2, 0.25) is 0 Å². The minimum Gasteiger partial charge on any atom is -0.450 e. The zero-order valence-electron chi connectivity index (χ0n) is 22.2. The molecule has 4 rings (SSSR count). The Kier molecular flexibility index (Phi) is 9.15. The summed E-state index contributed by atoms with van der Waals surface area (Å²) < 4.78 is 47.1. The van der Waals surface area contributed by atoms with Crippen molar-refractivity contribution in [2.75, 3.05) is 64.9 Å². The Hall–Kier alpha value is -3.13. The van der Waals surface area contributed by atoms with E-state index >= 15 is 0 Å². The second-order valence-corrected chi connectivity index (χ2v) is 12.3. The monoisotopic (exact) mass is 577 g/mol. The third kappa shape index (κ3) is 6.72. The lowest BCUT2D eigenvalue weighted by Crippen LogP contribution is -2.50. The molecule has 0 radical (unpaired) electrons. The molecule has 10 nitrogen and oxygen atoms in total. The molecule has 0 bridgehead atoms. The van der Waals surface area contributed by atoms with E-state index in [9.17, 15) is 22.4 Å². The normalized spacial score (nSPS) is 14.6. The van der Waals surface area contributed by atoms with Gasteiger partial charge >= 0.3 is 6.09 Å². The summed E-state index contributed by atoms with van der Waals surface area (Å²) in [4.78, 5) is 35.2. The van der Waals surface area contributed by atoms with Crippen molar-refractivity contribution in [3.05, 3.63) is 53.8 Å². The summed E-state index contributed by atoms with van der Waals surface area (Å²) >= 11 is 1.23. The van der Waals surface area contributed by atoms with Crippen LogP contribution in [0.15, 0.2) is 47.4 Å². The molecule has 1 saturated heterocycles. The van der Waals surface area contributed by atoms with Gasteiger partial charge in [-0.1, -0.05) is 11.3 Å². The number of ether oxygens (including phenoxy) is 1. The van der Waals surface area contributed by atoms with Gasteiger partial charge in [-0.15, -0.1) is 0 Å². The zero-order chi connectivity index (χ0) is 28.2. The fraction of sp³-hybridized carbons (Fsp3) is 0.423. The molecule has 1 aromatic heterocycles. The second kappa shape index (κ2) is 12.4. The van der Waals surface area contributed by atoms with Crippen LogP contribution in [0.3, 0.4) is 0 Å². The van der Waals surface area contributed by atoms with E-state index < -0.39 is 16.1 Å². The van der Waals surface area contributed by atoms with Gasteiger partial charge < -0.3 is 14.5 Å². The standard InChI is InChI=1S/C26H32FN5O5S2/c1-4-37-26(34)30-14-16-31(17-15-30)39(35,36)21-9-6-19(7-10-21)24(33)32(13-5-12-29(2)3)25-28-22-11-8-20(27)18-23(22)38-25/h6-11,18H,4-5,12-17H2,1-3H3. The summed E-state index contributed by atoms with van der Waals surface area (Å²) in [5.74, 6) is -0.692. The largest absolute Gasteiger partial charge is 0.450 e. The fourth-order valence-corrected chi connectivity index (χ4v) is 6.67. The SMILES string of the molecule is CCOC(=O)N1CCN(S(=O)(=O)c2ccc(C(=O)N(CCCN(C)C)c3nc4ccc(F)cc4s3)cc2)CC1. The molecule has 39 heavy (non-hydrogen) atoms. The fourth-order valence-electron chi connectivity index (χ4n) is 4.23. The first-order valence-electron chi connectivity index (χ1n) is 12.6. The van der Waals surface area contributed by atoms with Crippen LogP contribution in [0, 0.1) is 5.82 Å². The van der Waals surface area contributed by atoms with Gasteiger partial charge in [0.05, 0.1) is 21.7 Å². The summed E-state index contributed by atoms with van der Waals surface area (Å²) in [7, 11) is 0.0887. The Bertz CT molecular complexity index is 1420. The van der Waals surface area contributed by atoms with Gasteiger partial charge in [-0.2, -0.15) is 4.31 Å². The summed E-state index contributed by atoms with van der Waals surface area (Å²) in [6, 6.07) is 10.1. The molecule has 13 heteroatoms. The number of benzene rings is 2. The number of hydrogen-bond donors (Lipinski definition) is 0. The molecule has 0 unspecified atom stereocenters. The Morgan fingerprint density at radius 3 is 2.38 bits per heavy atom. The van der Waals surface area contributed by atoms with Crippen molar-refractivity contribution in [3.63, 3.8) is 0 Å². The molecule has 2 amide bonds. The van der Waals surface area contributed by atoms with Crippen LogP contribution < -0.4 is 4.90 Å². The number of hydrogen-bond acceptors (Lipinski definition) is 8. The maximum Gasteiger partial charge on any atom is 0.409 e. The highest BCUT2D eigenvalue weighted by Gasteiger charge is 2.31. The highest BCUT2D eigenvalue weighted by atomic mass is 32.2. The molecule has 0 spiro atoms. The highest BCUT2D eigenvalue weighted by molar-refractivity contribution is 7.89. The molecule has 1 fully saturated rings. The molecule has 2 aromatic carbocycles. The van der Waals surface area contributed by atoms with Gasteiger partial charge in [-0.3, -0.25) is 9.69 Å². The van der Waals surface area contributed by atoms with Crippen molar-refractivity contribution in [2.24, 2.45) is 0 Å². The minimum absolute atomic E-state index is 0.0678. The van der Waals surface area contributed by atoms with Crippen molar-refractivity contribution in [1.82, 2.24) is 19.1 Å². The van der Waals surface area contributed by atoms with Crippen molar-refractivity contribution in [1.29, 1.82) is 0 Å². The number of fused-ring (bicyclic) bond motifs is 1. The quantitative estimate of drug-likeness (QED) is 0.384. The predicted octanol–water partition coefficient (Wildman–Crippen LogP) is 3.50. The van der Waals surface area contributed by atoms with Crippen LogP contribution in [0.1, 0.15) is 23.7 Å². The number of carbonyl (C=O) groups is 2. The van der Waals surface area contributed by atoms with E-state index in [0.717, 1.165) is 6.54 Å². The van der Waals surface area contributed by atoms with Crippen molar-refractivity contribution < 1.29 is 27.1 Å². The first-order valence-corrected chi connectivity index (χ1v) is 14.9. The third-order valence-electron chi connectivity index (χ3n) is 6.31. The molecule has 1 aliphatic heterocycles. The van der Waals surface area contributed by atoms with E-state index in [1.54, 1.807) is 17.9 Å². The van der Waals surface area contributed by atoms with Crippen molar-refractivity contribution in [3.8, 4) is 0 Å². The number of sulfonamides is 1. The molecule has 0 saturated carbocycles. The highest BCUT2D eigenvalue weighted by Crippen LogP contribution is 2.31. The lowest BCUT2D eigenvalue weighted by Gasteiger charge is -2.33. The van der Waals surface area contributed by atoms with Gasteiger partial charge in [0.2, 0.25) is 10.0 Å². The van der Waals surface area contributed by atoms with Crippen molar-refractivity contribution in [2.45, 2.75) is 18.2 Å². The molecule has 210 valence electrons. The van der Waals surface area contributed by atoms with E-state index in [4.69, 9.17) is 4.74 Å². The number of carbonyl (C=O) groups excluding carboxylic acids is 2. The number of anilines is 1. The number of aromatic nitrogens is 1. The van der Waals surface area contributed by atoms with E-state index in [-0.39, 0.29) is 49.4 Å². The van der Waals surface area contributed by atoms with Gasteiger partial charge in [-0.25, -0.2) is 22.6 Å². The Morgan fingerprint density at radius 1 is 1.05 bits per heavy atom. The summed E-state index contributed by atoms with van der Waals surface area (Å²) in [6.07, 6.45) is 0.235. The maximum absolute atomic E-state index is 13.7. The van der Waals surface area contributed by atoms with Gasteiger partial charge in [0.25, 0.3) is 5.91 Å². The number of amides is 2. The molecule has 0 atom stereocenters. The smallest absolute Gasteiger partial charge is 0.409 e. The Balaban J connectivity index is 1.51. The number of thiazole rings is 1. The maximum atomic E-state index is 13.7. The first kappa shape index (κ1) is 28.9. The topological polar surface area (TPSA) is 103 Å². The molecular weight excluding hydrogens is 545 g/mol.